The Hall–Kier alpha value is -1.62. The molecule has 1 saturated heterocycles. The highest BCUT2D eigenvalue weighted by molar-refractivity contribution is 5.95. The molecule has 1 aromatic carbocycles. The Kier molecular flexibility index (Phi) is 4.15. The summed E-state index contributed by atoms with van der Waals surface area (Å²) in [7, 11) is 0. The Morgan fingerprint density at radius 2 is 2.33 bits per heavy atom. The van der Waals surface area contributed by atoms with E-state index in [1.54, 1.807) is 6.07 Å². The summed E-state index contributed by atoms with van der Waals surface area (Å²) in [6.07, 6.45) is 3.20. The zero-order chi connectivity index (χ0) is 13.0. The first kappa shape index (κ1) is 12.8. The molecule has 0 aliphatic carbocycles. The van der Waals surface area contributed by atoms with E-state index in [-0.39, 0.29) is 17.7 Å². The quantitative estimate of drug-likeness (QED) is 0.636. The summed E-state index contributed by atoms with van der Waals surface area (Å²) in [4.78, 5) is 0. The topological polar surface area (TPSA) is 68.3 Å². The Labute approximate surface area is 105 Å². The maximum atomic E-state index is 13.6. The first-order chi connectivity index (χ1) is 8.66. The predicted molar refractivity (Wildman–Crippen MR) is 66.5 cm³/mol. The van der Waals surface area contributed by atoms with Gasteiger partial charge in [0.25, 0.3) is 0 Å². The van der Waals surface area contributed by atoms with E-state index in [4.69, 9.17) is 20.6 Å². The van der Waals surface area contributed by atoms with Crippen molar-refractivity contribution in [1.29, 1.82) is 5.41 Å². The number of nitrogens with two attached hydrogens (primary N) is 1. The van der Waals surface area contributed by atoms with Gasteiger partial charge in [0.1, 0.15) is 12.4 Å². The van der Waals surface area contributed by atoms with Crippen LogP contribution in [-0.4, -0.2) is 25.2 Å². The second kappa shape index (κ2) is 5.82. The highest BCUT2D eigenvalue weighted by atomic mass is 19.1. The maximum Gasteiger partial charge on any atom is 0.165 e. The summed E-state index contributed by atoms with van der Waals surface area (Å²) < 4.78 is 24.5. The molecule has 0 saturated carbocycles. The number of amidine groups is 1. The van der Waals surface area contributed by atoms with E-state index in [1.807, 2.05) is 0 Å². The average Bonchev–Trinajstić information content (AvgIpc) is 2.38. The Morgan fingerprint density at radius 3 is 2.94 bits per heavy atom. The van der Waals surface area contributed by atoms with E-state index in [1.165, 1.54) is 12.1 Å². The third kappa shape index (κ3) is 3.20. The molecule has 3 N–H and O–H groups in total. The minimum Gasteiger partial charge on any atom is -0.488 e. The zero-order valence-electron chi connectivity index (χ0n) is 10.1. The third-order valence-corrected chi connectivity index (χ3v) is 2.94. The number of halogens is 1. The molecular weight excluding hydrogens is 235 g/mol. The molecule has 1 aliphatic heterocycles. The fourth-order valence-corrected chi connectivity index (χ4v) is 1.91. The summed E-state index contributed by atoms with van der Waals surface area (Å²) in [6.45, 7) is 1.11. The van der Waals surface area contributed by atoms with Crippen LogP contribution in [0.25, 0.3) is 0 Å². The van der Waals surface area contributed by atoms with Gasteiger partial charge in [-0.1, -0.05) is 0 Å². The molecular formula is C13H17FN2O2. The molecule has 1 atom stereocenters. The minimum atomic E-state index is -0.501. The average molecular weight is 252 g/mol. The van der Waals surface area contributed by atoms with E-state index in [2.05, 4.69) is 0 Å². The van der Waals surface area contributed by atoms with Crippen LogP contribution in [0.1, 0.15) is 24.8 Å². The summed E-state index contributed by atoms with van der Waals surface area (Å²) in [5.41, 5.74) is 5.63. The van der Waals surface area contributed by atoms with Gasteiger partial charge in [0.05, 0.1) is 6.10 Å². The van der Waals surface area contributed by atoms with Gasteiger partial charge in [-0.25, -0.2) is 4.39 Å². The molecule has 1 fully saturated rings. The lowest BCUT2D eigenvalue weighted by Gasteiger charge is -2.22. The monoisotopic (exact) mass is 252 g/mol. The van der Waals surface area contributed by atoms with Gasteiger partial charge in [-0.15, -0.1) is 0 Å². The van der Waals surface area contributed by atoms with Crippen molar-refractivity contribution < 1.29 is 13.9 Å². The zero-order valence-corrected chi connectivity index (χ0v) is 10.1. The number of ether oxygens (including phenoxy) is 2. The van der Waals surface area contributed by atoms with Crippen molar-refractivity contribution in [3.8, 4) is 5.75 Å². The number of nitrogen functional groups attached to an aromatic ring is 1. The number of rotatable bonds is 4. The highest BCUT2D eigenvalue weighted by Crippen LogP contribution is 2.20. The summed E-state index contributed by atoms with van der Waals surface area (Å²) >= 11 is 0. The van der Waals surface area contributed by atoms with Crippen LogP contribution in [0, 0.1) is 11.2 Å². The number of nitrogens with one attached hydrogen (secondary N) is 1. The van der Waals surface area contributed by atoms with Crippen LogP contribution < -0.4 is 10.5 Å². The van der Waals surface area contributed by atoms with Gasteiger partial charge in [-0.2, -0.15) is 0 Å². The number of benzene rings is 1. The largest absolute Gasteiger partial charge is 0.488 e. The summed E-state index contributed by atoms with van der Waals surface area (Å²) in [6, 6.07) is 4.27. The van der Waals surface area contributed by atoms with Crippen LogP contribution in [0.5, 0.6) is 5.75 Å². The number of hydrogen-bond donors (Lipinski definition) is 2. The Morgan fingerprint density at radius 1 is 1.50 bits per heavy atom. The molecule has 1 aromatic rings. The smallest absolute Gasteiger partial charge is 0.165 e. The van der Waals surface area contributed by atoms with Crippen LogP contribution in [0.4, 0.5) is 4.39 Å². The third-order valence-electron chi connectivity index (χ3n) is 2.94. The van der Waals surface area contributed by atoms with Crippen LogP contribution in [0.3, 0.4) is 0 Å². The van der Waals surface area contributed by atoms with Crippen LogP contribution in [0.2, 0.25) is 0 Å². The van der Waals surface area contributed by atoms with Gasteiger partial charge in [0.2, 0.25) is 0 Å². The molecule has 1 aliphatic rings. The van der Waals surface area contributed by atoms with E-state index in [9.17, 15) is 4.39 Å². The van der Waals surface area contributed by atoms with Gasteiger partial charge in [0, 0.05) is 12.2 Å². The van der Waals surface area contributed by atoms with Gasteiger partial charge < -0.3 is 15.2 Å². The molecule has 1 heterocycles. The maximum absolute atomic E-state index is 13.6. The molecule has 18 heavy (non-hydrogen) atoms. The van der Waals surface area contributed by atoms with Crippen molar-refractivity contribution in [1.82, 2.24) is 0 Å². The molecule has 98 valence electrons. The summed E-state index contributed by atoms with van der Waals surface area (Å²) in [5.74, 6) is -0.483. The van der Waals surface area contributed by atoms with Gasteiger partial charge in [-0.05, 0) is 37.5 Å². The van der Waals surface area contributed by atoms with E-state index in [0.717, 1.165) is 25.9 Å². The van der Waals surface area contributed by atoms with Gasteiger partial charge in [0.15, 0.2) is 11.6 Å². The fourth-order valence-electron chi connectivity index (χ4n) is 1.91. The van der Waals surface area contributed by atoms with Crippen LogP contribution in [-0.2, 0) is 4.74 Å². The number of hydrogen-bond acceptors (Lipinski definition) is 3. The van der Waals surface area contributed by atoms with Crippen molar-refractivity contribution in [2.24, 2.45) is 5.73 Å². The lowest BCUT2D eigenvalue weighted by molar-refractivity contribution is -0.0117. The highest BCUT2D eigenvalue weighted by Gasteiger charge is 2.15. The molecule has 0 amide bonds. The molecule has 0 radical (unpaired) electrons. The standard InChI is InChI=1S/C13H17FN2O2/c14-11-7-9(13(15)16)4-5-12(11)18-8-10-3-1-2-6-17-10/h4-5,7,10H,1-3,6,8H2,(H3,15,16). The van der Waals surface area contributed by atoms with E-state index < -0.39 is 5.82 Å². The van der Waals surface area contributed by atoms with E-state index >= 15 is 0 Å². The second-order valence-electron chi connectivity index (χ2n) is 4.36. The predicted octanol–water partition coefficient (Wildman–Crippen LogP) is 2.06. The van der Waals surface area contributed by atoms with E-state index in [0.29, 0.717) is 12.2 Å². The minimum absolute atomic E-state index is 0.0469. The summed E-state index contributed by atoms with van der Waals surface area (Å²) in [5, 5.41) is 7.22. The molecule has 0 bridgehead atoms. The molecule has 4 nitrogen and oxygen atoms in total. The molecule has 1 unspecified atom stereocenters. The first-order valence-corrected chi connectivity index (χ1v) is 6.05. The van der Waals surface area contributed by atoms with Crippen molar-refractivity contribution in [3.63, 3.8) is 0 Å². The Bertz CT molecular complexity index is 431. The van der Waals surface area contributed by atoms with Crippen molar-refractivity contribution >= 4 is 5.84 Å². The van der Waals surface area contributed by atoms with Crippen molar-refractivity contribution in [3.05, 3.63) is 29.6 Å². The van der Waals surface area contributed by atoms with Crippen LogP contribution >= 0.6 is 0 Å². The molecule has 0 aromatic heterocycles. The molecule has 5 heteroatoms. The van der Waals surface area contributed by atoms with Crippen molar-refractivity contribution in [2.45, 2.75) is 25.4 Å². The second-order valence-corrected chi connectivity index (χ2v) is 4.36. The Balaban J connectivity index is 1.94. The lowest BCUT2D eigenvalue weighted by Crippen LogP contribution is -2.26. The normalized spacial score (nSPS) is 19.5. The molecule has 0 spiro atoms. The lowest BCUT2D eigenvalue weighted by atomic mass is 10.1. The van der Waals surface area contributed by atoms with Gasteiger partial charge >= 0.3 is 0 Å². The van der Waals surface area contributed by atoms with Crippen LogP contribution in [0.15, 0.2) is 18.2 Å². The molecule has 2 rings (SSSR count). The van der Waals surface area contributed by atoms with Gasteiger partial charge in [-0.3, -0.25) is 5.41 Å². The fraction of sp³-hybridized carbons (Fsp3) is 0.462. The first-order valence-electron chi connectivity index (χ1n) is 6.05. The SMILES string of the molecule is N=C(N)c1ccc(OCC2CCCCO2)c(F)c1. The van der Waals surface area contributed by atoms with Crippen molar-refractivity contribution in [2.75, 3.05) is 13.2 Å².